The Labute approximate surface area is 159 Å². The lowest BCUT2D eigenvalue weighted by Gasteiger charge is -2.11. The predicted octanol–water partition coefficient (Wildman–Crippen LogP) is 3.31. The van der Waals surface area contributed by atoms with Gasteiger partial charge in [-0.25, -0.2) is 14.1 Å². The average Bonchev–Trinajstić information content (AvgIpc) is 3.21. The molecule has 6 heteroatoms. The van der Waals surface area contributed by atoms with E-state index in [-0.39, 0.29) is 5.82 Å². The van der Waals surface area contributed by atoms with Gasteiger partial charge in [-0.2, -0.15) is 5.10 Å². The first kappa shape index (κ1) is 18.6. The van der Waals surface area contributed by atoms with Gasteiger partial charge in [0.1, 0.15) is 5.82 Å². The van der Waals surface area contributed by atoms with Crippen LogP contribution in [0.15, 0.2) is 72.0 Å². The minimum atomic E-state index is -0.202. The first-order chi connectivity index (χ1) is 13.2. The van der Waals surface area contributed by atoms with Crippen molar-refractivity contribution in [3.8, 4) is 5.69 Å². The highest BCUT2D eigenvalue weighted by Crippen LogP contribution is 2.09. The normalized spacial score (nSPS) is 11.4. The summed E-state index contributed by atoms with van der Waals surface area (Å²) in [6.45, 7) is 4.08. The van der Waals surface area contributed by atoms with Gasteiger partial charge in [-0.15, -0.1) is 0 Å². The fourth-order valence-electron chi connectivity index (χ4n) is 2.71. The highest BCUT2D eigenvalue weighted by molar-refractivity contribution is 5.79. The zero-order valence-corrected chi connectivity index (χ0v) is 15.4. The summed E-state index contributed by atoms with van der Waals surface area (Å²) in [6.07, 6.45) is 4.41. The molecule has 0 aliphatic carbocycles. The number of hydrogen-bond acceptors (Lipinski definition) is 2. The Morgan fingerprint density at radius 1 is 1.07 bits per heavy atom. The van der Waals surface area contributed by atoms with E-state index in [2.05, 4.69) is 32.9 Å². The van der Waals surface area contributed by atoms with Gasteiger partial charge in [-0.05, 0) is 54.8 Å². The molecule has 0 saturated heterocycles. The molecule has 3 aromatic rings. The van der Waals surface area contributed by atoms with Crippen LogP contribution in [0.1, 0.15) is 18.1 Å². The van der Waals surface area contributed by atoms with Gasteiger partial charge in [-0.3, -0.25) is 0 Å². The molecule has 0 radical (unpaired) electrons. The summed E-state index contributed by atoms with van der Waals surface area (Å²) in [5.41, 5.74) is 3.11. The Bertz CT molecular complexity index is 857. The van der Waals surface area contributed by atoms with E-state index in [1.807, 2.05) is 42.1 Å². The minimum Gasteiger partial charge on any atom is -0.357 e. The standard InChI is InChI=1S/C21H24FN5/c1-2-23-21(24-13-11-17-5-3-6-19(22)15-17)25-16-18-7-9-20(10-8-18)27-14-4-12-26-27/h3-10,12,14-15H,2,11,13,16H2,1H3,(H2,23,24,25). The van der Waals surface area contributed by atoms with Gasteiger partial charge in [-0.1, -0.05) is 24.3 Å². The van der Waals surface area contributed by atoms with E-state index in [0.29, 0.717) is 13.1 Å². The van der Waals surface area contributed by atoms with Crippen molar-refractivity contribution in [2.24, 2.45) is 4.99 Å². The second-order valence-electron chi connectivity index (χ2n) is 6.12. The van der Waals surface area contributed by atoms with Crippen LogP contribution in [0.25, 0.3) is 5.69 Å². The molecule has 140 valence electrons. The summed E-state index contributed by atoms with van der Waals surface area (Å²) in [5.74, 6) is 0.552. The number of halogens is 1. The molecule has 0 amide bonds. The lowest BCUT2D eigenvalue weighted by molar-refractivity contribution is 0.625. The second kappa shape index (κ2) is 9.52. The molecule has 27 heavy (non-hydrogen) atoms. The molecule has 0 bridgehead atoms. The fraction of sp³-hybridized carbons (Fsp3) is 0.238. The maximum atomic E-state index is 13.2. The average molecular weight is 365 g/mol. The molecule has 0 atom stereocenters. The van der Waals surface area contributed by atoms with Crippen LogP contribution >= 0.6 is 0 Å². The SMILES string of the molecule is CCNC(=NCc1ccc(-n2cccn2)cc1)NCCc1cccc(F)c1. The molecule has 0 spiro atoms. The Morgan fingerprint density at radius 3 is 2.63 bits per heavy atom. The van der Waals surface area contributed by atoms with Gasteiger partial charge < -0.3 is 10.6 Å². The smallest absolute Gasteiger partial charge is 0.191 e. The first-order valence-corrected chi connectivity index (χ1v) is 9.10. The van der Waals surface area contributed by atoms with Crippen molar-refractivity contribution in [2.45, 2.75) is 19.9 Å². The minimum absolute atomic E-state index is 0.202. The van der Waals surface area contributed by atoms with Crippen LogP contribution in [-0.4, -0.2) is 28.8 Å². The van der Waals surface area contributed by atoms with Crippen LogP contribution in [0.4, 0.5) is 4.39 Å². The van der Waals surface area contributed by atoms with E-state index in [9.17, 15) is 4.39 Å². The van der Waals surface area contributed by atoms with E-state index in [4.69, 9.17) is 0 Å². The predicted molar refractivity (Wildman–Crippen MR) is 106 cm³/mol. The van der Waals surface area contributed by atoms with Crippen molar-refractivity contribution in [3.05, 3.63) is 83.9 Å². The van der Waals surface area contributed by atoms with Gasteiger partial charge in [0, 0.05) is 25.5 Å². The summed E-state index contributed by atoms with van der Waals surface area (Å²) in [6, 6.07) is 16.7. The molecule has 0 saturated carbocycles. The van der Waals surface area contributed by atoms with Gasteiger partial charge in [0.2, 0.25) is 0 Å². The van der Waals surface area contributed by atoms with Gasteiger partial charge in [0.15, 0.2) is 5.96 Å². The van der Waals surface area contributed by atoms with Gasteiger partial charge in [0.05, 0.1) is 12.2 Å². The lowest BCUT2D eigenvalue weighted by atomic mass is 10.1. The third kappa shape index (κ3) is 5.67. The lowest BCUT2D eigenvalue weighted by Crippen LogP contribution is -2.38. The summed E-state index contributed by atoms with van der Waals surface area (Å²) in [4.78, 5) is 4.62. The Morgan fingerprint density at radius 2 is 1.93 bits per heavy atom. The van der Waals surface area contributed by atoms with Gasteiger partial charge in [0.25, 0.3) is 0 Å². The molecular formula is C21H24FN5. The van der Waals surface area contributed by atoms with Crippen molar-refractivity contribution in [2.75, 3.05) is 13.1 Å². The maximum absolute atomic E-state index is 13.2. The second-order valence-corrected chi connectivity index (χ2v) is 6.12. The van der Waals surface area contributed by atoms with E-state index in [1.54, 1.807) is 18.3 Å². The molecule has 1 aromatic heterocycles. The van der Waals surface area contributed by atoms with Crippen LogP contribution in [0.2, 0.25) is 0 Å². The Kier molecular flexibility index (Phi) is 6.57. The molecule has 2 aromatic carbocycles. The molecule has 0 unspecified atom stereocenters. The van der Waals surface area contributed by atoms with Crippen LogP contribution < -0.4 is 10.6 Å². The topological polar surface area (TPSA) is 54.2 Å². The molecule has 0 fully saturated rings. The molecule has 1 heterocycles. The molecule has 5 nitrogen and oxygen atoms in total. The fourth-order valence-corrected chi connectivity index (χ4v) is 2.71. The van der Waals surface area contributed by atoms with Crippen molar-refractivity contribution in [1.29, 1.82) is 0 Å². The number of hydrogen-bond donors (Lipinski definition) is 2. The van der Waals surface area contributed by atoms with Crippen LogP contribution in [-0.2, 0) is 13.0 Å². The number of guanidine groups is 1. The first-order valence-electron chi connectivity index (χ1n) is 9.10. The van der Waals surface area contributed by atoms with Crippen molar-refractivity contribution < 1.29 is 4.39 Å². The number of nitrogens with one attached hydrogen (secondary N) is 2. The zero-order chi connectivity index (χ0) is 18.9. The largest absolute Gasteiger partial charge is 0.357 e. The third-order valence-electron chi connectivity index (χ3n) is 4.06. The van der Waals surface area contributed by atoms with Crippen LogP contribution in [0.5, 0.6) is 0 Å². The maximum Gasteiger partial charge on any atom is 0.191 e. The zero-order valence-electron chi connectivity index (χ0n) is 15.4. The summed E-state index contributed by atoms with van der Waals surface area (Å²) >= 11 is 0. The molecule has 0 aliphatic heterocycles. The van der Waals surface area contributed by atoms with E-state index in [0.717, 1.165) is 35.7 Å². The van der Waals surface area contributed by atoms with Crippen LogP contribution in [0.3, 0.4) is 0 Å². The van der Waals surface area contributed by atoms with Gasteiger partial charge >= 0.3 is 0 Å². The van der Waals surface area contributed by atoms with Crippen molar-refractivity contribution >= 4 is 5.96 Å². The monoisotopic (exact) mass is 365 g/mol. The highest BCUT2D eigenvalue weighted by Gasteiger charge is 2.01. The molecular weight excluding hydrogens is 341 g/mol. The number of nitrogens with zero attached hydrogens (tertiary/aromatic N) is 3. The van der Waals surface area contributed by atoms with E-state index >= 15 is 0 Å². The molecule has 3 rings (SSSR count). The highest BCUT2D eigenvalue weighted by atomic mass is 19.1. The summed E-state index contributed by atoms with van der Waals surface area (Å²) in [5, 5.41) is 10.8. The summed E-state index contributed by atoms with van der Waals surface area (Å²) in [7, 11) is 0. The molecule has 2 N–H and O–H groups in total. The molecule has 0 aliphatic rings. The quantitative estimate of drug-likeness (QED) is 0.499. The number of aliphatic imine (C=N–C) groups is 1. The van der Waals surface area contributed by atoms with Crippen LogP contribution in [0, 0.1) is 5.82 Å². The summed E-state index contributed by atoms with van der Waals surface area (Å²) < 4.78 is 15.1. The van der Waals surface area contributed by atoms with Crippen molar-refractivity contribution in [1.82, 2.24) is 20.4 Å². The Hall–Kier alpha value is -3.15. The Balaban J connectivity index is 1.55. The number of aromatic nitrogens is 2. The third-order valence-corrected chi connectivity index (χ3v) is 4.06. The number of benzene rings is 2. The van der Waals surface area contributed by atoms with Crippen molar-refractivity contribution in [3.63, 3.8) is 0 Å². The van der Waals surface area contributed by atoms with E-state index < -0.39 is 0 Å². The van der Waals surface area contributed by atoms with E-state index in [1.165, 1.54) is 6.07 Å². The number of rotatable bonds is 7.